The van der Waals surface area contributed by atoms with E-state index in [4.69, 9.17) is 0 Å². The number of benzene rings is 1. The summed E-state index contributed by atoms with van der Waals surface area (Å²) in [4.78, 5) is 8.12. The molecule has 0 aliphatic carbocycles. The maximum Gasteiger partial charge on any atom is 0.191 e. The third-order valence-electron chi connectivity index (χ3n) is 4.09. The second kappa shape index (κ2) is 12.8. The molecule has 9 heteroatoms. The zero-order chi connectivity index (χ0) is 18.8. The minimum absolute atomic E-state index is 0. The first-order valence-corrected chi connectivity index (χ1v) is 11.9. The zero-order valence-electron chi connectivity index (χ0n) is 16.1. The van der Waals surface area contributed by atoms with Gasteiger partial charge in [-0.3, -0.25) is 9.89 Å². The molecule has 1 unspecified atom stereocenters. The van der Waals surface area contributed by atoms with Crippen molar-refractivity contribution in [2.24, 2.45) is 4.99 Å². The highest BCUT2D eigenvalue weighted by Crippen LogP contribution is 2.22. The number of guanidine groups is 1. The van der Waals surface area contributed by atoms with E-state index in [0.717, 1.165) is 32.1 Å². The predicted octanol–water partition coefficient (Wildman–Crippen LogP) is 2.07. The third-order valence-corrected chi connectivity index (χ3v) is 6.79. The monoisotopic (exact) mass is 526 g/mol. The summed E-state index contributed by atoms with van der Waals surface area (Å²) in [5.74, 6) is 1.36. The van der Waals surface area contributed by atoms with Gasteiger partial charge in [-0.2, -0.15) is 0 Å². The van der Waals surface area contributed by atoms with E-state index in [1.807, 2.05) is 17.8 Å². The van der Waals surface area contributed by atoms with E-state index < -0.39 is 9.84 Å². The number of nitrogens with one attached hydrogen (secondary N) is 2. The predicted molar refractivity (Wildman–Crippen MR) is 126 cm³/mol. The van der Waals surface area contributed by atoms with Gasteiger partial charge in [-0.1, -0.05) is 25.1 Å². The number of sulfone groups is 1. The largest absolute Gasteiger partial charge is 0.357 e. The van der Waals surface area contributed by atoms with Crippen LogP contribution >= 0.6 is 35.7 Å². The zero-order valence-corrected chi connectivity index (χ0v) is 20.0. The first-order valence-electron chi connectivity index (χ1n) is 9.15. The van der Waals surface area contributed by atoms with Gasteiger partial charge in [0.1, 0.15) is 0 Å². The van der Waals surface area contributed by atoms with Crippen LogP contribution in [0.5, 0.6) is 0 Å². The molecule has 1 aromatic rings. The average molecular weight is 527 g/mol. The fraction of sp³-hybridized carbons (Fsp3) is 0.611. The van der Waals surface area contributed by atoms with E-state index in [-0.39, 0.29) is 35.5 Å². The molecule has 1 aliphatic rings. The Morgan fingerprint density at radius 3 is 2.52 bits per heavy atom. The second-order valence-corrected chi connectivity index (χ2v) is 10.2. The molecule has 27 heavy (non-hydrogen) atoms. The second-order valence-electron chi connectivity index (χ2n) is 6.38. The number of nitrogens with zero attached hydrogens (tertiary/aromatic N) is 2. The summed E-state index contributed by atoms with van der Waals surface area (Å²) in [5.41, 5.74) is 0. The Kier molecular flexibility index (Phi) is 11.7. The average Bonchev–Trinajstić information content (AvgIpc) is 2.62. The molecule has 0 amide bonds. The highest BCUT2D eigenvalue weighted by atomic mass is 127. The van der Waals surface area contributed by atoms with Crippen molar-refractivity contribution in [3.63, 3.8) is 0 Å². The van der Waals surface area contributed by atoms with Crippen molar-refractivity contribution in [2.45, 2.75) is 24.0 Å². The van der Waals surface area contributed by atoms with Gasteiger partial charge in [-0.25, -0.2) is 8.42 Å². The number of halogens is 1. The molecule has 0 aromatic heterocycles. The van der Waals surface area contributed by atoms with Crippen LogP contribution in [0.3, 0.4) is 0 Å². The van der Waals surface area contributed by atoms with Crippen molar-refractivity contribution in [1.29, 1.82) is 0 Å². The number of hydrogen-bond donors (Lipinski definition) is 2. The lowest BCUT2D eigenvalue weighted by atomic mass is 10.4. The molecule has 2 N–H and O–H groups in total. The summed E-state index contributed by atoms with van der Waals surface area (Å²) in [6.07, 6.45) is 0. The SMILES string of the molecule is CCNC(=NCC(C)Sc1ccccc1)NCCN1CCS(=O)(=O)CC1.I. The van der Waals surface area contributed by atoms with Crippen molar-refractivity contribution in [2.75, 3.05) is 50.8 Å². The van der Waals surface area contributed by atoms with Crippen LogP contribution in [-0.4, -0.2) is 75.3 Å². The highest BCUT2D eigenvalue weighted by molar-refractivity contribution is 14.0. The molecular weight excluding hydrogens is 495 g/mol. The summed E-state index contributed by atoms with van der Waals surface area (Å²) in [7, 11) is -2.81. The lowest BCUT2D eigenvalue weighted by Gasteiger charge is -2.26. The van der Waals surface area contributed by atoms with Gasteiger partial charge in [-0.05, 0) is 19.1 Å². The van der Waals surface area contributed by atoms with E-state index in [1.54, 1.807) is 0 Å². The van der Waals surface area contributed by atoms with Crippen molar-refractivity contribution in [3.8, 4) is 0 Å². The molecule has 0 radical (unpaired) electrons. The standard InChI is InChI=1S/C18H30N4O2S2.HI/c1-3-19-18(20-9-10-22-11-13-26(23,24)14-12-22)21-15-16(2)25-17-7-5-4-6-8-17;/h4-8,16H,3,9-15H2,1-2H3,(H2,19,20,21);1H. The van der Waals surface area contributed by atoms with Crippen molar-refractivity contribution < 1.29 is 8.42 Å². The van der Waals surface area contributed by atoms with E-state index >= 15 is 0 Å². The molecule has 1 fully saturated rings. The fourth-order valence-corrected chi connectivity index (χ4v) is 4.84. The molecule has 6 nitrogen and oxygen atoms in total. The van der Waals surface area contributed by atoms with Crippen LogP contribution in [-0.2, 0) is 9.84 Å². The van der Waals surface area contributed by atoms with Crippen LogP contribution in [0.15, 0.2) is 40.2 Å². The molecule has 0 bridgehead atoms. The van der Waals surface area contributed by atoms with Gasteiger partial charge >= 0.3 is 0 Å². The van der Waals surface area contributed by atoms with Gasteiger partial charge in [0.25, 0.3) is 0 Å². The highest BCUT2D eigenvalue weighted by Gasteiger charge is 2.20. The Morgan fingerprint density at radius 1 is 1.22 bits per heavy atom. The minimum atomic E-state index is -2.81. The van der Waals surface area contributed by atoms with Crippen molar-refractivity contribution >= 4 is 51.5 Å². The van der Waals surface area contributed by atoms with Gasteiger partial charge in [-0.15, -0.1) is 35.7 Å². The summed E-state index contributed by atoms with van der Waals surface area (Å²) in [5, 5.41) is 7.00. The van der Waals surface area contributed by atoms with Crippen molar-refractivity contribution in [3.05, 3.63) is 30.3 Å². The smallest absolute Gasteiger partial charge is 0.191 e. The first kappa shape index (κ1) is 24.5. The summed E-state index contributed by atoms with van der Waals surface area (Å²) < 4.78 is 22.9. The van der Waals surface area contributed by atoms with Crippen LogP contribution in [0, 0.1) is 0 Å². The maximum atomic E-state index is 11.5. The molecule has 1 aromatic carbocycles. The van der Waals surface area contributed by atoms with Gasteiger partial charge in [0.15, 0.2) is 15.8 Å². The fourth-order valence-electron chi connectivity index (χ4n) is 2.64. The van der Waals surface area contributed by atoms with E-state index in [0.29, 0.717) is 18.3 Å². The normalized spacial score (nSPS) is 18.4. The number of aliphatic imine (C=N–C) groups is 1. The molecule has 1 aliphatic heterocycles. The van der Waals surface area contributed by atoms with Crippen LogP contribution in [0.2, 0.25) is 0 Å². The summed E-state index contributed by atoms with van der Waals surface area (Å²) >= 11 is 1.82. The lowest BCUT2D eigenvalue weighted by molar-refractivity contribution is 0.299. The van der Waals surface area contributed by atoms with Crippen LogP contribution in [0.1, 0.15) is 13.8 Å². The van der Waals surface area contributed by atoms with Crippen LogP contribution in [0.4, 0.5) is 0 Å². The Bertz CT molecular complexity index is 657. The molecule has 0 saturated carbocycles. The molecule has 1 heterocycles. The quantitative estimate of drug-likeness (QED) is 0.234. The summed E-state index contributed by atoms with van der Waals surface area (Å²) in [6, 6.07) is 10.4. The Balaban J connectivity index is 0.00000364. The summed E-state index contributed by atoms with van der Waals surface area (Å²) in [6.45, 7) is 8.61. The number of rotatable bonds is 8. The van der Waals surface area contributed by atoms with Gasteiger partial charge in [0.2, 0.25) is 0 Å². The maximum absolute atomic E-state index is 11.5. The van der Waals surface area contributed by atoms with Gasteiger partial charge in [0, 0.05) is 42.9 Å². The Hall–Kier alpha value is -0.520. The molecule has 1 saturated heterocycles. The molecule has 2 rings (SSSR count). The Labute approximate surface area is 184 Å². The topological polar surface area (TPSA) is 73.8 Å². The van der Waals surface area contributed by atoms with Gasteiger partial charge < -0.3 is 10.6 Å². The molecular formula is C18H31IN4O2S2. The number of hydrogen-bond acceptors (Lipinski definition) is 5. The first-order chi connectivity index (χ1) is 12.5. The Morgan fingerprint density at radius 2 is 1.89 bits per heavy atom. The van der Waals surface area contributed by atoms with Crippen LogP contribution in [0.25, 0.3) is 0 Å². The molecule has 154 valence electrons. The van der Waals surface area contributed by atoms with Gasteiger partial charge in [0.05, 0.1) is 18.1 Å². The minimum Gasteiger partial charge on any atom is -0.357 e. The van der Waals surface area contributed by atoms with E-state index in [1.165, 1.54) is 4.90 Å². The molecule has 1 atom stereocenters. The molecule has 0 spiro atoms. The number of thioether (sulfide) groups is 1. The van der Waals surface area contributed by atoms with Crippen molar-refractivity contribution in [1.82, 2.24) is 15.5 Å². The van der Waals surface area contributed by atoms with Crippen LogP contribution < -0.4 is 10.6 Å². The third kappa shape index (κ3) is 10.00. The van der Waals surface area contributed by atoms with E-state index in [9.17, 15) is 8.42 Å². The lowest BCUT2D eigenvalue weighted by Crippen LogP contribution is -2.46. The van der Waals surface area contributed by atoms with E-state index in [2.05, 4.69) is 58.6 Å².